The van der Waals surface area contributed by atoms with Gasteiger partial charge in [0.05, 0.1) is 19.8 Å². The fourth-order valence-corrected chi connectivity index (χ4v) is 0.966. The zero-order chi connectivity index (χ0) is 9.52. The summed E-state index contributed by atoms with van der Waals surface area (Å²) in [4.78, 5) is 10.5. The number of hydrogen-bond acceptors (Lipinski definition) is 4. The number of nitrogens with zero attached hydrogens (tertiary/aromatic N) is 2. The first-order valence-corrected chi connectivity index (χ1v) is 4.13. The third-order valence-corrected chi connectivity index (χ3v) is 1.58. The topological polar surface area (TPSA) is 70.1 Å². The summed E-state index contributed by atoms with van der Waals surface area (Å²) in [5.41, 5.74) is 5.81. The maximum atomic E-state index is 10.5. The molecule has 1 rings (SSSR count). The minimum absolute atomic E-state index is 0.514. The predicted molar refractivity (Wildman–Crippen MR) is 47.5 cm³/mol. The van der Waals surface area contributed by atoms with Crippen molar-refractivity contribution in [3.8, 4) is 0 Å². The second-order valence-corrected chi connectivity index (χ2v) is 2.50. The van der Waals surface area contributed by atoms with Crippen LogP contribution in [-0.4, -0.2) is 35.8 Å². The van der Waals surface area contributed by atoms with Gasteiger partial charge < -0.3 is 10.5 Å². The summed E-state index contributed by atoms with van der Waals surface area (Å²) in [6.07, 6.45) is 2.36. The Bertz CT molecular complexity index is 260. The molecule has 0 aliphatic rings. The van der Waals surface area contributed by atoms with E-state index in [1.54, 1.807) is 16.9 Å². The molecular weight excluding hydrogens is 170 g/mol. The van der Waals surface area contributed by atoms with E-state index in [1.165, 1.54) is 0 Å². The highest BCUT2D eigenvalue weighted by Crippen LogP contribution is 1.94. The maximum absolute atomic E-state index is 10.5. The first kappa shape index (κ1) is 9.88. The van der Waals surface area contributed by atoms with Gasteiger partial charge in [0.25, 0.3) is 0 Å². The molecule has 0 unspecified atom stereocenters. The standard InChI is InChI=1S/C8H13N3O2/c9-2-5-13-6-4-11-8(7-12)1-3-10-11/h1,3,7H,2,4-6,9H2. The van der Waals surface area contributed by atoms with Crippen molar-refractivity contribution in [2.75, 3.05) is 19.8 Å². The van der Waals surface area contributed by atoms with Gasteiger partial charge in [-0.15, -0.1) is 0 Å². The van der Waals surface area contributed by atoms with E-state index < -0.39 is 0 Å². The summed E-state index contributed by atoms with van der Waals surface area (Å²) in [5.74, 6) is 0. The van der Waals surface area contributed by atoms with Crippen molar-refractivity contribution in [2.45, 2.75) is 6.54 Å². The van der Waals surface area contributed by atoms with Crippen LogP contribution in [0.4, 0.5) is 0 Å². The summed E-state index contributed by atoms with van der Waals surface area (Å²) >= 11 is 0. The molecule has 0 saturated heterocycles. The van der Waals surface area contributed by atoms with Gasteiger partial charge in [-0.3, -0.25) is 9.48 Å². The Morgan fingerprint density at radius 1 is 1.62 bits per heavy atom. The molecular formula is C8H13N3O2. The zero-order valence-corrected chi connectivity index (χ0v) is 7.35. The molecule has 0 fully saturated rings. The van der Waals surface area contributed by atoms with Crippen LogP contribution in [-0.2, 0) is 11.3 Å². The van der Waals surface area contributed by atoms with E-state index in [-0.39, 0.29) is 0 Å². The monoisotopic (exact) mass is 183 g/mol. The zero-order valence-electron chi connectivity index (χ0n) is 7.35. The Hall–Kier alpha value is -1.20. The molecule has 0 aromatic carbocycles. The molecule has 0 bridgehead atoms. The van der Waals surface area contributed by atoms with Crippen molar-refractivity contribution < 1.29 is 9.53 Å². The quantitative estimate of drug-likeness (QED) is 0.484. The second-order valence-electron chi connectivity index (χ2n) is 2.50. The van der Waals surface area contributed by atoms with Gasteiger partial charge in [0.1, 0.15) is 5.69 Å². The molecule has 0 radical (unpaired) electrons. The first-order chi connectivity index (χ1) is 6.38. The Kier molecular flexibility index (Phi) is 4.14. The highest BCUT2D eigenvalue weighted by atomic mass is 16.5. The fourth-order valence-electron chi connectivity index (χ4n) is 0.966. The van der Waals surface area contributed by atoms with Gasteiger partial charge in [-0.05, 0) is 6.07 Å². The van der Waals surface area contributed by atoms with Gasteiger partial charge in [0, 0.05) is 12.7 Å². The van der Waals surface area contributed by atoms with Gasteiger partial charge in [-0.1, -0.05) is 0 Å². The van der Waals surface area contributed by atoms with Crippen LogP contribution in [0.5, 0.6) is 0 Å². The largest absolute Gasteiger partial charge is 0.378 e. The molecule has 72 valence electrons. The van der Waals surface area contributed by atoms with E-state index in [2.05, 4.69) is 5.10 Å². The number of aldehydes is 1. The van der Waals surface area contributed by atoms with E-state index in [0.717, 1.165) is 6.29 Å². The van der Waals surface area contributed by atoms with E-state index in [0.29, 0.717) is 32.0 Å². The van der Waals surface area contributed by atoms with Crippen molar-refractivity contribution in [3.63, 3.8) is 0 Å². The van der Waals surface area contributed by atoms with Gasteiger partial charge in [0.2, 0.25) is 0 Å². The van der Waals surface area contributed by atoms with Crippen LogP contribution in [0.1, 0.15) is 10.5 Å². The number of rotatable bonds is 6. The van der Waals surface area contributed by atoms with Crippen molar-refractivity contribution in [3.05, 3.63) is 18.0 Å². The van der Waals surface area contributed by atoms with Crippen LogP contribution < -0.4 is 5.73 Å². The van der Waals surface area contributed by atoms with Crippen LogP contribution in [0.15, 0.2) is 12.3 Å². The van der Waals surface area contributed by atoms with Crippen molar-refractivity contribution in [1.82, 2.24) is 9.78 Å². The molecule has 0 saturated carbocycles. The minimum Gasteiger partial charge on any atom is -0.378 e. The van der Waals surface area contributed by atoms with Gasteiger partial charge in [0.15, 0.2) is 6.29 Å². The lowest BCUT2D eigenvalue weighted by molar-refractivity contribution is 0.110. The number of nitrogens with two attached hydrogens (primary N) is 1. The Morgan fingerprint density at radius 3 is 3.15 bits per heavy atom. The van der Waals surface area contributed by atoms with Crippen LogP contribution >= 0.6 is 0 Å². The minimum atomic E-state index is 0.514. The first-order valence-electron chi connectivity index (χ1n) is 4.13. The average molecular weight is 183 g/mol. The van der Waals surface area contributed by atoms with Gasteiger partial charge in [-0.25, -0.2) is 0 Å². The molecule has 2 N–H and O–H groups in total. The molecule has 0 spiro atoms. The summed E-state index contributed by atoms with van der Waals surface area (Å²) < 4.78 is 6.75. The van der Waals surface area contributed by atoms with Gasteiger partial charge >= 0.3 is 0 Å². The Labute approximate surface area is 76.5 Å². The third-order valence-electron chi connectivity index (χ3n) is 1.58. The summed E-state index contributed by atoms with van der Waals surface area (Å²) in [5, 5.41) is 3.96. The van der Waals surface area contributed by atoms with Crippen molar-refractivity contribution in [2.24, 2.45) is 5.73 Å². The number of hydrogen-bond donors (Lipinski definition) is 1. The third kappa shape index (κ3) is 2.96. The van der Waals surface area contributed by atoms with Crippen molar-refractivity contribution >= 4 is 6.29 Å². The molecule has 13 heavy (non-hydrogen) atoms. The lowest BCUT2D eigenvalue weighted by atomic mass is 10.5. The summed E-state index contributed by atoms with van der Waals surface area (Å²) in [6, 6.07) is 1.66. The van der Waals surface area contributed by atoms with Crippen LogP contribution in [0.3, 0.4) is 0 Å². The normalized spacial score (nSPS) is 10.2. The molecule has 1 aromatic heterocycles. The second kappa shape index (κ2) is 5.45. The SMILES string of the molecule is NCCOCCn1nccc1C=O. The Morgan fingerprint density at radius 2 is 2.46 bits per heavy atom. The highest BCUT2D eigenvalue weighted by Gasteiger charge is 1.99. The molecule has 1 aromatic rings. The number of ether oxygens (including phenoxy) is 1. The number of carbonyl (C=O) groups excluding carboxylic acids is 1. The van der Waals surface area contributed by atoms with Crippen LogP contribution in [0.25, 0.3) is 0 Å². The van der Waals surface area contributed by atoms with E-state index in [4.69, 9.17) is 10.5 Å². The summed E-state index contributed by atoms with van der Waals surface area (Å²) in [7, 11) is 0. The summed E-state index contributed by atoms with van der Waals surface area (Å²) in [6.45, 7) is 2.16. The molecule has 0 aliphatic heterocycles. The molecule has 5 heteroatoms. The van der Waals surface area contributed by atoms with E-state index >= 15 is 0 Å². The van der Waals surface area contributed by atoms with Gasteiger partial charge in [-0.2, -0.15) is 5.10 Å². The molecule has 0 atom stereocenters. The Balaban J connectivity index is 2.31. The molecule has 1 heterocycles. The van der Waals surface area contributed by atoms with Crippen LogP contribution in [0, 0.1) is 0 Å². The molecule has 0 amide bonds. The predicted octanol–water partition coefficient (Wildman–Crippen LogP) is -0.329. The van der Waals surface area contributed by atoms with E-state index in [9.17, 15) is 4.79 Å². The highest BCUT2D eigenvalue weighted by molar-refractivity contribution is 5.71. The average Bonchev–Trinajstić information content (AvgIpc) is 2.60. The fraction of sp³-hybridized carbons (Fsp3) is 0.500. The number of aromatic nitrogens is 2. The smallest absolute Gasteiger partial charge is 0.168 e. The lowest BCUT2D eigenvalue weighted by Crippen LogP contribution is -2.14. The molecule has 5 nitrogen and oxygen atoms in total. The van der Waals surface area contributed by atoms with E-state index in [1.807, 2.05) is 0 Å². The maximum Gasteiger partial charge on any atom is 0.168 e. The number of carbonyl (C=O) groups is 1. The lowest BCUT2D eigenvalue weighted by Gasteiger charge is -2.03. The van der Waals surface area contributed by atoms with Crippen LogP contribution in [0.2, 0.25) is 0 Å². The van der Waals surface area contributed by atoms with Crippen molar-refractivity contribution in [1.29, 1.82) is 0 Å². The molecule has 0 aliphatic carbocycles.